The second kappa shape index (κ2) is 8.00. The molecule has 0 saturated carbocycles. The van der Waals surface area contributed by atoms with E-state index in [4.69, 9.17) is 0 Å². The summed E-state index contributed by atoms with van der Waals surface area (Å²) in [5.74, 6) is -1.13. The van der Waals surface area contributed by atoms with Crippen molar-refractivity contribution in [2.45, 2.75) is 17.5 Å². The van der Waals surface area contributed by atoms with Gasteiger partial charge in [0.2, 0.25) is 5.91 Å². The third-order valence-electron chi connectivity index (χ3n) is 7.41. The molecular formula is C26H20FN3O4S. The number of rotatable bonds is 4. The van der Waals surface area contributed by atoms with Gasteiger partial charge in [0.1, 0.15) is 11.4 Å². The smallest absolute Gasteiger partial charge is 0.269 e. The number of hydrogen-bond acceptors (Lipinski definition) is 6. The van der Waals surface area contributed by atoms with Crippen molar-refractivity contribution in [3.63, 3.8) is 0 Å². The maximum atomic E-state index is 14.2. The Morgan fingerprint density at radius 1 is 1.11 bits per heavy atom. The molecule has 3 aliphatic rings. The van der Waals surface area contributed by atoms with Crippen LogP contribution < -0.4 is 5.32 Å². The molecule has 176 valence electrons. The molecule has 7 nitrogen and oxygen atoms in total. The number of Topliss-reactive ketones (excluding diaryl/α,β-unsaturated/α-hetero) is 1. The number of carbonyl (C=O) groups is 2. The number of thioether (sulfide) groups is 1. The van der Waals surface area contributed by atoms with Crippen molar-refractivity contribution in [3.05, 3.63) is 105 Å². The topological polar surface area (TPSA) is 92.5 Å². The van der Waals surface area contributed by atoms with E-state index in [1.165, 1.54) is 36.4 Å². The first-order valence-electron chi connectivity index (χ1n) is 11.2. The number of nitro groups is 1. The fourth-order valence-electron chi connectivity index (χ4n) is 6.04. The molecule has 4 atom stereocenters. The molecular weight excluding hydrogens is 469 g/mol. The molecule has 3 aromatic rings. The highest BCUT2D eigenvalue weighted by Gasteiger charge is 2.69. The molecule has 0 unspecified atom stereocenters. The van der Waals surface area contributed by atoms with E-state index in [1.54, 1.807) is 23.9 Å². The Kier molecular flexibility index (Phi) is 5.01. The highest BCUT2D eigenvalue weighted by molar-refractivity contribution is 7.99. The maximum Gasteiger partial charge on any atom is 0.269 e. The quantitative estimate of drug-likeness (QED) is 0.328. The lowest BCUT2D eigenvalue weighted by Crippen LogP contribution is -2.52. The van der Waals surface area contributed by atoms with Crippen LogP contribution in [0, 0.1) is 21.8 Å². The maximum absolute atomic E-state index is 14.2. The average Bonchev–Trinajstić information content (AvgIpc) is 3.52. The normalized spacial score (nSPS) is 27.0. The molecule has 2 saturated heterocycles. The number of non-ortho nitro benzene ring substituents is 1. The van der Waals surface area contributed by atoms with Crippen LogP contribution in [-0.4, -0.2) is 39.2 Å². The number of benzene rings is 3. The van der Waals surface area contributed by atoms with Crippen molar-refractivity contribution in [2.24, 2.45) is 5.92 Å². The summed E-state index contributed by atoms with van der Waals surface area (Å²) in [5, 5.41) is 14.5. The summed E-state index contributed by atoms with van der Waals surface area (Å²) in [6.45, 7) is 0. The number of fused-ring (bicyclic) bond motifs is 4. The Bertz CT molecular complexity index is 1380. The van der Waals surface area contributed by atoms with E-state index >= 15 is 0 Å². The number of ketones is 1. The van der Waals surface area contributed by atoms with Gasteiger partial charge >= 0.3 is 0 Å². The number of nitrogens with zero attached hydrogens (tertiary/aromatic N) is 2. The van der Waals surface area contributed by atoms with Crippen LogP contribution in [0.15, 0.2) is 72.8 Å². The van der Waals surface area contributed by atoms with Crippen LogP contribution >= 0.6 is 11.8 Å². The molecule has 0 bridgehead atoms. The SMILES string of the molecule is O=C(c1ccc(F)cc1)[C@@H]1[C@@H](c2cccc([N+](=O)[O-])c2)[C@@H]2CSCN2[C@@]12C(=O)Nc1ccccc12. The number of hydrogen-bond donors (Lipinski definition) is 1. The summed E-state index contributed by atoms with van der Waals surface area (Å²) < 4.78 is 13.7. The van der Waals surface area contributed by atoms with E-state index in [0.717, 1.165) is 5.56 Å². The number of para-hydroxylation sites is 1. The highest BCUT2D eigenvalue weighted by Crippen LogP contribution is 2.61. The largest absolute Gasteiger partial charge is 0.324 e. The van der Waals surface area contributed by atoms with Crippen molar-refractivity contribution < 1.29 is 18.9 Å². The summed E-state index contributed by atoms with van der Waals surface area (Å²) in [5.41, 5.74) is 0.995. The molecule has 6 rings (SSSR count). The van der Waals surface area contributed by atoms with Crippen LogP contribution in [0.25, 0.3) is 0 Å². The highest BCUT2D eigenvalue weighted by atomic mass is 32.2. The molecule has 3 aromatic carbocycles. The van der Waals surface area contributed by atoms with Gasteiger partial charge in [0.25, 0.3) is 5.69 Å². The number of carbonyl (C=O) groups excluding carboxylic acids is 2. The van der Waals surface area contributed by atoms with E-state index in [-0.39, 0.29) is 23.4 Å². The van der Waals surface area contributed by atoms with E-state index in [9.17, 15) is 24.1 Å². The van der Waals surface area contributed by atoms with Crippen molar-refractivity contribution >= 4 is 34.8 Å². The van der Waals surface area contributed by atoms with Gasteiger partial charge in [0.05, 0.1) is 10.8 Å². The minimum atomic E-state index is -1.27. The third kappa shape index (κ3) is 3.08. The molecule has 1 amide bonds. The average molecular weight is 490 g/mol. The predicted molar refractivity (Wildman–Crippen MR) is 130 cm³/mol. The van der Waals surface area contributed by atoms with E-state index < -0.39 is 28.1 Å². The van der Waals surface area contributed by atoms with E-state index in [2.05, 4.69) is 10.2 Å². The number of nitro benzene ring substituents is 1. The zero-order valence-corrected chi connectivity index (χ0v) is 19.2. The van der Waals surface area contributed by atoms with E-state index in [0.29, 0.717) is 28.4 Å². The van der Waals surface area contributed by atoms with Gasteiger partial charge < -0.3 is 5.32 Å². The molecule has 0 radical (unpaired) electrons. The third-order valence-corrected chi connectivity index (χ3v) is 8.44. The van der Waals surface area contributed by atoms with Crippen molar-refractivity contribution in [2.75, 3.05) is 16.9 Å². The lowest BCUT2D eigenvalue weighted by atomic mass is 9.69. The first-order valence-corrected chi connectivity index (χ1v) is 12.4. The zero-order chi connectivity index (χ0) is 24.3. The van der Waals surface area contributed by atoms with Crippen LogP contribution in [0.2, 0.25) is 0 Å². The Hall–Kier alpha value is -3.56. The number of anilines is 1. The van der Waals surface area contributed by atoms with Gasteiger partial charge in [-0.25, -0.2) is 4.39 Å². The Morgan fingerprint density at radius 3 is 2.66 bits per heavy atom. The van der Waals surface area contributed by atoms with E-state index in [1.807, 2.05) is 24.3 Å². The zero-order valence-electron chi connectivity index (χ0n) is 18.4. The molecule has 2 fully saturated rings. The van der Waals surface area contributed by atoms with Gasteiger partial charge in [0.15, 0.2) is 5.78 Å². The van der Waals surface area contributed by atoms with Gasteiger partial charge in [-0.15, -0.1) is 11.8 Å². The molecule has 1 N–H and O–H groups in total. The molecule has 0 aromatic heterocycles. The Balaban J connectivity index is 1.61. The van der Waals surface area contributed by atoms with Gasteiger partial charge in [-0.05, 0) is 35.9 Å². The number of nitrogens with one attached hydrogen (secondary N) is 1. The predicted octanol–water partition coefficient (Wildman–Crippen LogP) is 4.55. The molecule has 1 spiro atoms. The van der Waals surface area contributed by atoms with Gasteiger partial charge in [-0.3, -0.25) is 24.6 Å². The summed E-state index contributed by atoms with van der Waals surface area (Å²) in [4.78, 5) is 41.3. The first kappa shape index (κ1) is 21.9. The molecule has 35 heavy (non-hydrogen) atoms. The molecule has 3 heterocycles. The van der Waals surface area contributed by atoms with Crippen LogP contribution in [-0.2, 0) is 10.3 Å². The first-order chi connectivity index (χ1) is 16.9. The second-order valence-corrected chi connectivity index (χ2v) is 10.0. The minimum absolute atomic E-state index is 0.0649. The van der Waals surface area contributed by atoms with Crippen LogP contribution in [0.4, 0.5) is 15.8 Å². The minimum Gasteiger partial charge on any atom is -0.324 e. The monoisotopic (exact) mass is 489 g/mol. The van der Waals surface area contributed by atoms with Crippen LogP contribution in [0.3, 0.4) is 0 Å². The van der Waals surface area contributed by atoms with Gasteiger partial charge in [0, 0.05) is 52.5 Å². The summed E-state index contributed by atoms with van der Waals surface area (Å²) in [7, 11) is 0. The fourth-order valence-corrected chi connectivity index (χ4v) is 7.37. The summed E-state index contributed by atoms with van der Waals surface area (Å²) in [6.07, 6.45) is 0. The summed E-state index contributed by atoms with van der Waals surface area (Å²) in [6, 6.07) is 18.9. The van der Waals surface area contributed by atoms with Gasteiger partial charge in [-0.2, -0.15) is 0 Å². The number of amides is 1. The summed E-state index contributed by atoms with van der Waals surface area (Å²) >= 11 is 1.68. The van der Waals surface area contributed by atoms with Gasteiger partial charge in [-0.1, -0.05) is 30.3 Å². The fraction of sp³-hybridized carbons (Fsp3) is 0.231. The lowest BCUT2D eigenvalue weighted by molar-refractivity contribution is -0.384. The standard InChI is InChI=1S/C26H20FN3O4S/c27-17-10-8-15(9-11-17)24(31)23-22(16-4-3-5-18(12-16)30(33)34)21-13-35-14-29(21)26(23)19-6-1-2-7-20(19)28-25(26)32/h1-12,21-23H,13-14H2,(H,28,32)/t21-,22-,23-,26+/m0/s1. The Morgan fingerprint density at radius 2 is 1.89 bits per heavy atom. The second-order valence-electron chi connectivity index (χ2n) is 9.03. The van der Waals surface area contributed by atoms with Crippen LogP contribution in [0.1, 0.15) is 27.4 Å². The number of halogens is 1. The van der Waals surface area contributed by atoms with Crippen molar-refractivity contribution in [1.82, 2.24) is 4.90 Å². The molecule has 3 aliphatic heterocycles. The van der Waals surface area contributed by atoms with Crippen molar-refractivity contribution in [3.8, 4) is 0 Å². The van der Waals surface area contributed by atoms with Crippen LogP contribution in [0.5, 0.6) is 0 Å². The lowest BCUT2D eigenvalue weighted by Gasteiger charge is -2.36. The molecule has 9 heteroatoms. The molecule has 0 aliphatic carbocycles. The Labute approximate surface area is 204 Å². The van der Waals surface area contributed by atoms with Crippen molar-refractivity contribution in [1.29, 1.82) is 0 Å².